The van der Waals surface area contributed by atoms with Gasteiger partial charge in [-0.1, -0.05) is 6.92 Å². The second kappa shape index (κ2) is 3.08. The third kappa shape index (κ3) is 1.87. The number of hydrogen-bond donors (Lipinski definition) is 3. The maximum atomic E-state index is 10.5. The Kier molecular flexibility index (Phi) is 3.00. The van der Waals surface area contributed by atoms with E-state index in [2.05, 4.69) is 12.6 Å². The first-order valence-electron chi connectivity index (χ1n) is 2.79. The maximum absolute atomic E-state index is 10.5. The van der Waals surface area contributed by atoms with Crippen LogP contribution in [0.3, 0.4) is 0 Å². The Bertz CT molecular complexity index is 112. The van der Waals surface area contributed by atoms with E-state index in [1.165, 1.54) is 0 Å². The van der Waals surface area contributed by atoms with E-state index >= 15 is 0 Å². The first-order valence-corrected chi connectivity index (χ1v) is 3.24. The largest absolute Gasteiger partial charge is 0.368 e. The van der Waals surface area contributed by atoms with Crippen molar-refractivity contribution in [2.24, 2.45) is 11.5 Å². The molecule has 0 aromatic rings. The smallest absolute Gasteiger partial charge is 0.234 e. The van der Waals surface area contributed by atoms with Crippen LogP contribution in [0.4, 0.5) is 0 Å². The van der Waals surface area contributed by atoms with Crippen molar-refractivity contribution in [3.63, 3.8) is 0 Å². The minimum atomic E-state index is -0.806. The van der Waals surface area contributed by atoms with E-state index in [0.717, 1.165) is 0 Å². The van der Waals surface area contributed by atoms with Crippen LogP contribution in [-0.2, 0) is 4.79 Å². The van der Waals surface area contributed by atoms with Gasteiger partial charge in [0.2, 0.25) is 5.91 Å². The summed E-state index contributed by atoms with van der Waals surface area (Å²) in [6.45, 7) is 2.02. The van der Waals surface area contributed by atoms with Gasteiger partial charge in [-0.25, -0.2) is 0 Å². The third-order valence-electron chi connectivity index (χ3n) is 1.38. The Labute approximate surface area is 60.2 Å². The number of carbonyl (C=O) groups excluding carboxylic acids is 1. The predicted molar refractivity (Wildman–Crippen MR) is 40.3 cm³/mol. The van der Waals surface area contributed by atoms with Crippen molar-refractivity contribution < 1.29 is 4.79 Å². The van der Waals surface area contributed by atoms with Crippen molar-refractivity contribution in [3.05, 3.63) is 0 Å². The number of hydrogen-bond acceptors (Lipinski definition) is 3. The molecule has 0 aliphatic carbocycles. The minimum absolute atomic E-state index is 0.196. The number of rotatable bonds is 3. The number of amides is 1. The summed E-state index contributed by atoms with van der Waals surface area (Å²) in [4.78, 5) is 10.5. The van der Waals surface area contributed by atoms with E-state index in [9.17, 15) is 4.79 Å². The first kappa shape index (κ1) is 8.78. The van der Waals surface area contributed by atoms with Crippen molar-refractivity contribution >= 4 is 18.5 Å². The second-order valence-electron chi connectivity index (χ2n) is 1.95. The Hall–Kier alpha value is -0.220. The zero-order valence-corrected chi connectivity index (χ0v) is 6.32. The Morgan fingerprint density at radius 1 is 1.78 bits per heavy atom. The summed E-state index contributed by atoms with van der Waals surface area (Å²) in [6, 6.07) is 0. The van der Waals surface area contributed by atoms with E-state index in [1.807, 2.05) is 6.92 Å². The van der Waals surface area contributed by atoms with Gasteiger partial charge in [-0.3, -0.25) is 4.79 Å². The summed E-state index contributed by atoms with van der Waals surface area (Å²) in [6.07, 6.45) is 0.571. The zero-order valence-electron chi connectivity index (χ0n) is 5.42. The van der Waals surface area contributed by atoms with Gasteiger partial charge in [0.05, 0.1) is 0 Å². The molecule has 4 heteroatoms. The van der Waals surface area contributed by atoms with Crippen molar-refractivity contribution in [1.82, 2.24) is 0 Å². The van der Waals surface area contributed by atoms with Gasteiger partial charge in [-0.15, -0.1) is 0 Å². The van der Waals surface area contributed by atoms with Gasteiger partial charge in [-0.05, 0) is 6.42 Å². The number of nitrogens with two attached hydrogens (primary N) is 2. The molecule has 1 amide bonds. The Morgan fingerprint density at radius 3 is 2.22 bits per heavy atom. The molecule has 3 nitrogen and oxygen atoms in total. The fraction of sp³-hybridized carbons (Fsp3) is 0.800. The van der Waals surface area contributed by atoms with Crippen LogP contribution in [-0.4, -0.2) is 17.2 Å². The molecule has 0 fully saturated rings. The van der Waals surface area contributed by atoms with Crippen LogP contribution < -0.4 is 11.5 Å². The zero-order chi connectivity index (χ0) is 7.49. The molecule has 0 spiro atoms. The van der Waals surface area contributed by atoms with Gasteiger partial charge in [0.15, 0.2) is 0 Å². The lowest BCUT2D eigenvalue weighted by Gasteiger charge is -2.19. The molecule has 0 rings (SSSR count). The van der Waals surface area contributed by atoms with Crippen LogP contribution in [0.5, 0.6) is 0 Å². The molecule has 9 heavy (non-hydrogen) atoms. The SMILES string of the molecule is CCC(S)(CN)C(N)=O. The Balaban J connectivity index is 4.09. The number of carbonyl (C=O) groups is 1. The van der Waals surface area contributed by atoms with E-state index in [0.29, 0.717) is 6.42 Å². The molecule has 0 radical (unpaired) electrons. The number of primary amides is 1. The van der Waals surface area contributed by atoms with Gasteiger partial charge >= 0.3 is 0 Å². The minimum Gasteiger partial charge on any atom is -0.368 e. The van der Waals surface area contributed by atoms with E-state index in [1.54, 1.807) is 0 Å². The van der Waals surface area contributed by atoms with Crippen LogP contribution >= 0.6 is 12.6 Å². The summed E-state index contributed by atoms with van der Waals surface area (Å²) in [7, 11) is 0. The highest BCUT2D eigenvalue weighted by Crippen LogP contribution is 2.15. The molecule has 0 bridgehead atoms. The monoisotopic (exact) mass is 148 g/mol. The van der Waals surface area contributed by atoms with Crippen LogP contribution in [0.25, 0.3) is 0 Å². The fourth-order valence-electron chi connectivity index (χ4n) is 0.419. The third-order valence-corrected chi connectivity index (χ3v) is 2.10. The van der Waals surface area contributed by atoms with E-state index in [4.69, 9.17) is 11.5 Å². The van der Waals surface area contributed by atoms with Crippen molar-refractivity contribution in [2.75, 3.05) is 6.54 Å². The second-order valence-corrected chi connectivity index (χ2v) is 2.81. The molecule has 0 saturated heterocycles. The Morgan fingerprint density at radius 2 is 2.22 bits per heavy atom. The van der Waals surface area contributed by atoms with Gasteiger partial charge in [-0.2, -0.15) is 12.6 Å². The number of thiol groups is 1. The highest BCUT2D eigenvalue weighted by molar-refractivity contribution is 7.82. The lowest BCUT2D eigenvalue weighted by atomic mass is 10.1. The maximum Gasteiger partial charge on any atom is 0.234 e. The van der Waals surface area contributed by atoms with Gasteiger partial charge in [0.1, 0.15) is 4.75 Å². The van der Waals surface area contributed by atoms with Crippen molar-refractivity contribution in [2.45, 2.75) is 18.1 Å². The first-order chi connectivity index (χ1) is 4.06. The van der Waals surface area contributed by atoms with Gasteiger partial charge in [0.25, 0.3) is 0 Å². The average Bonchev–Trinajstić information content (AvgIpc) is 1.86. The summed E-state index contributed by atoms with van der Waals surface area (Å²) in [5.41, 5.74) is 10.2. The van der Waals surface area contributed by atoms with Crippen molar-refractivity contribution in [3.8, 4) is 0 Å². The molecule has 1 unspecified atom stereocenters. The predicted octanol–water partition coefficient (Wildman–Crippen LogP) is -0.491. The van der Waals surface area contributed by atoms with Gasteiger partial charge in [0, 0.05) is 6.54 Å². The van der Waals surface area contributed by atoms with Crippen LogP contribution in [0.15, 0.2) is 0 Å². The highest BCUT2D eigenvalue weighted by atomic mass is 32.1. The lowest BCUT2D eigenvalue weighted by Crippen LogP contribution is -2.44. The van der Waals surface area contributed by atoms with Crippen LogP contribution in [0.2, 0.25) is 0 Å². The molecule has 0 aromatic heterocycles. The summed E-state index contributed by atoms with van der Waals surface area (Å²) >= 11 is 4.01. The fourth-order valence-corrected chi connectivity index (χ4v) is 0.419. The molecule has 54 valence electrons. The molecule has 0 aromatic carbocycles. The molecular weight excluding hydrogens is 136 g/mol. The lowest BCUT2D eigenvalue weighted by molar-refractivity contribution is -0.120. The van der Waals surface area contributed by atoms with E-state index < -0.39 is 10.7 Å². The normalized spacial score (nSPS) is 16.8. The molecule has 0 aliphatic rings. The van der Waals surface area contributed by atoms with Crippen molar-refractivity contribution in [1.29, 1.82) is 0 Å². The topological polar surface area (TPSA) is 69.1 Å². The highest BCUT2D eigenvalue weighted by Gasteiger charge is 2.27. The molecule has 4 N–H and O–H groups in total. The molecule has 0 heterocycles. The van der Waals surface area contributed by atoms with Crippen LogP contribution in [0.1, 0.15) is 13.3 Å². The summed E-state index contributed by atoms with van der Waals surface area (Å²) in [5.74, 6) is -0.448. The summed E-state index contributed by atoms with van der Waals surface area (Å²) in [5, 5.41) is 0. The van der Waals surface area contributed by atoms with Gasteiger partial charge < -0.3 is 11.5 Å². The quantitative estimate of drug-likeness (QED) is 0.473. The van der Waals surface area contributed by atoms with Crippen LogP contribution in [0, 0.1) is 0 Å². The standard InChI is InChI=1S/C5H12N2OS/c1-2-5(9,3-6)4(7)8/h9H,2-3,6H2,1H3,(H2,7,8). The molecule has 0 saturated carbocycles. The summed E-state index contributed by atoms with van der Waals surface area (Å²) < 4.78 is -0.806. The van der Waals surface area contributed by atoms with E-state index in [-0.39, 0.29) is 6.54 Å². The molecular formula is C5H12N2OS. The molecule has 1 atom stereocenters. The average molecular weight is 148 g/mol. The molecule has 0 aliphatic heterocycles.